The summed E-state index contributed by atoms with van der Waals surface area (Å²) in [4.78, 5) is 10.8. The molecular weight excluding hydrogens is 869 g/mol. The standard InChI is InChI=1S/C70H120N2/c1-4-7-10-12-14-16-18-20-22-24-26-27-28-29-30-31-32-33-34-36-38-40-42-44-46-48-50-56-65-69(71-67-61-54-51-55-62-67)70(64-52-9-6-3)72-68-63-58-57-60-66(68)59-53-49-47-45-43-41-39-37-35-25-23-21-19-17-15-13-11-8-5-2/h51,54-55,57-58,60-63H,4-46,48,50,52-53,56,59,64-65H2,1-3H3. The van der Waals surface area contributed by atoms with Crippen molar-refractivity contribution in [2.75, 3.05) is 0 Å². The van der Waals surface area contributed by atoms with Gasteiger partial charge >= 0.3 is 0 Å². The van der Waals surface area contributed by atoms with Crippen LogP contribution in [0.2, 0.25) is 0 Å². The van der Waals surface area contributed by atoms with Gasteiger partial charge in [0.05, 0.1) is 22.8 Å². The number of aliphatic imine (C=N–C) groups is 2. The van der Waals surface area contributed by atoms with Gasteiger partial charge in [-0.15, -0.1) is 11.8 Å². The molecule has 0 saturated heterocycles. The van der Waals surface area contributed by atoms with Crippen LogP contribution in [0, 0.1) is 11.8 Å². The molecule has 0 amide bonds. The Morgan fingerprint density at radius 3 is 0.986 bits per heavy atom. The molecule has 2 nitrogen and oxygen atoms in total. The van der Waals surface area contributed by atoms with Crippen molar-refractivity contribution in [2.45, 2.75) is 348 Å². The predicted molar refractivity (Wildman–Crippen MR) is 326 cm³/mol. The number of para-hydroxylation sites is 2. The van der Waals surface area contributed by atoms with Crippen molar-refractivity contribution in [1.29, 1.82) is 0 Å². The van der Waals surface area contributed by atoms with E-state index in [4.69, 9.17) is 9.98 Å². The molecule has 0 aliphatic carbocycles. The van der Waals surface area contributed by atoms with Crippen molar-refractivity contribution in [3.8, 4) is 11.8 Å². The van der Waals surface area contributed by atoms with Crippen molar-refractivity contribution in [3.63, 3.8) is 0 Å². The maximum Gasteiger partial charge on any atom is 0.0666 e. The smallest absolute Gasteiger partial charge is 0.0666 e. The summed E-state index contributed by atoms with van der Waals surface area (Å²) in [5, 5.41) is 0. The Morgan fingerprint density at radius 2 is 0.583 bits per heavy atom. The van der Waals surface area contributed by atoms with E-state index in [0.29, 0.717) is 0 Å². The molecular formula is C70H120N2. The van der Waals surface area contributed by atoms with Crippen LogP contribution in [-0.2, 0) is 6.42 Å². The van der Waals surface area contributed by atoms with Crippen LogP contribution in [0.4, 0.5) is 11.4 Å². The fraction of sp³-hybridized carbons (Fsp3) is 0.771. The first-order valence-corrected chi connectivity index (χ1v) is 32.5. The molecule has 0 heterocycles. The van der Waals surface area contributed by atoms with Crippen LogP contribution in [0.15, 0.2) is 64.6 Å². The minimum Gasteiger partial charge on any atom is -0.252 e. The zero-order valence-electron chi connectivity index (χ0n) is 48.7. The number of nitrogens with zero attached hydrogens (tertiary/aromatic N) is 2. The van der Waals surface area contributed by atoms with E-state index in [2.05, 4.69) is 87.2 Å². The van der Waals surface area contributed by atoms with Gasteiger partial charge in [-0.1, -0.05) is 333 Å². The number of hydrogen-bond donors (Lipinski definition) is 0. The minimum atomic E-state index is 0.904. The molecule has 0 aromatic heterocycles. The van der Waals surface area contributed by atoms with Gasteiger partial charge in [-0.3, -0.25) is 9.98 Å². The Bertz CT molecular complexity index is 1540. The molecule has 2 rings (SSSR count). The molecule has 0 atom stereocenters. The maximum absolute atomic E-state index is 5.48. The first-order chi connectivity index (χ1) is 35.8. The zero-order valence-corrected chi connectivity index (χ0v) is 48.7. The summed E-state index contributed by atoms with van der Waals surface area (Å²) in [6, 6.07) is 19.5. The van der Waals surface area contributed by atoms with Gasteiger partial charge in [-0.25, -0.2) is 0 Å². The van der Waals surface area contributed by atoms with E-state index in [9.17, 15) is 0 Å². The lowest BCUT2D eigenvalue weighted by molar-refractivity contribution is 0.514. The fourth-order valence-corrected chi connectivity index (χ4v) is 10.6. The summed E-state index contributed by atoms with van der Waals surface area (Å²) in [5.41, 5.74) is 5.88. The Kier molecular flexibility index (Phi) is 48.3. The lowest BCUT2D eigenvalue weighted by Gasteiger charge is -2.13. The SMILES string of the molecule is CCCCCCCCCCCCCCCCCC#CCCc1ccccc1N=C(CCCCC)C(CCCCCCCCCCCCCCCCCCCCCCCCCCCCCC)=Nc1ccccc1. The topological polar surface area (TPSA) is 24.7 Å². The van der Waals surface area contributed by atoms with Crippen molar-refractivity contribution in [1.82, 2.24) is 0 Å². The van der Waals surface area contributed by atoms with E-state index < -0.39 is 0 Å². The Balaban J connectivity index is 1.63. The second kappa shape index (κ2) is 53.2. The van der Waals surface area contributed by atoms with E-state index >= 15 is 0 Å². The van der Waals surface area contributed by atoms with Crippen molar-refractivity contribution in [2.24, 2.45) is 9.98 Å². The fourth-order valence-electron chi connectivity index (χ4n) is 10.6. The molecule has 0 aliphatic rings. The second-order valence-electron chi connectivity index (χ2n) is 22.4. The van der Waals surface area contributed by atoms with Gasteiger partial charge in [0.15, 0.2) is 0 Å². The number of unbranched alkanes of at least 4 members (excludes halogenated alkanes) is 44. The first kappa shape index (κ1) is 65.5. The molecule has 0 aliphatic heterocycles. The van der Waals surface area contributed by atoms with Gasteiger partial charge in [0.1, 0.15) is 0 Å². The number of benzene rings is 2. The van der Waals surface area contributed by atoms with Gasteiger partial charge in [0.25, 0.3) is 0 Å². The largest absolute Gasteiger partial charge is 0.252 e. The lowest BCUT2D eigenvalue weighted by Crippen LogP contribution is -2.14. The minimum absolute atomic E-state index is 0.904. The Labute approximate surface area is 450 Å². The van der Waals surface area contributed by atoms with Crippen LogP contribution in [0.25, 0.3) is 0 Å². The Hall–Kier alpha value is -2.66. The van der Waals surface area contributed by atoms with Crippen molar-refractivity contribution in [3.05, 3.63) is 60.2 Å². The van der Waals surface area contributed by atoms with Crippen LogP contribution >= 0.6 is 0 Å². The highest BCUT2D eigenvalue weighted by molar-refractivity contribution is 6.43. The Morgan fingerprint density at radius 1 is 0.292 bits per heavy atom. The van der Waals surface area contributed by atoms with Crippen LogP contribution in [0.1, 0.15) is 347 Å². The normalized spacial score (nSPS) is 11.9. The molecule has 2 aromatic carbocycles. The third kappa shape index (κ3) is 41.7. The molecule has 410 valence electrons. The molecule has 0 radical (unpaired) electrons. The molecule has 0 spiro atoms. The summed E-state index contributed by atoms with van der Waals surface area (Å²) in [6.07, 6.45) is 69.7. The highest BCUT2D eigenvalue weighted by Crippen LogP contribution is 2.25. The quantitative estimate of drug-likeness (QED) is 0.0358. The molecule has 2 heteroatoms. The summed E-state index contributed by atoms with van der Waals surface area (Å²) in [7, 11) is 0. The first-order valence-electron chi connectivity index (χ1n) is 32.5. The summed E-state index contributed by atoms with van der Waals surface area (Å²) in [5.74, 6) is 7.04. The number of aryl methyl sites for hydroxylation is 1. The average molecular weight is 990 g/mol. The molecule has 72 heavy (non-hydrogen) atoms. The van der Waals surface area contributed by atoms with Gasteiger partial charge in [0, 0.05) is 12.8 Å². The molecule has 2 aromatic rings. The average Bonchev–Trinajstić information content (AvgIpc) is 3.40. The van der Waals surface area contributed by atoms with E-state index in [0.717, 1.165) is 49.9 Å². The predicted octanol–water partition coefficient (Wildman–Crippen LogP) is 24.6. The maximum atomic E-state index is 5.48. The molecule has 0 N–H and O–H groups in total. The van der Waals surface area contributed by atoms with Gasteiger partial charge in [0.2, 0.25) is 0 Å². The van der Waals surface area contributed by atoms with Gasteiger partial charge in [-0.2, -0.15) is 0 Å². The van der Waals surface area contributed by atoms with E-state index in [1.807, 2.05) is 0 Å². The van der Waals surface area contributed by atoms with Gasteiger partial charge < -0.3 is 0 Å². The van der Waals surface area contributed by atoms with E-state index in [1.165, 1.54) is 306 Å². The third-order valence-corrected chi connectivity index (χ3v) is 15.4. The number of rotatable bonds is 53. The zero-order chi connectivity index (χ0) is 51.1. The monoisotopic (exact) mass is 989 g/mol. The van der Waals surface area contributed by atoms with Gasteiger partial charge in [-0.05, 0) is 62.3 Å². The van der Waals surface area contributed by atoms with Crippen LogP contribution in [-0.4, -0.2) is 11.4 Å². The van der Waals surface area contributed by atoms with Crippen LogP contribution in [0.5, 0.6) is 0 Å². The van der Waals surface area contributed by atoms with Crippen molar-refractivity contribution >= 4 is 22.8 Å². The van der Waals surface area contributed by atoms with E-state index in [-0.39, 0.29) is 0 Å². The number of hydrogen-bond acceptors (Lipinski definition) is 2. The van der Waals surface area contributed by atoms with E-state index in [1.54, 1.807) is 0 Å². The highest BCUT2D eigenvalue weighted by atomic mass is 14.8. The lowest BCUT2D eigenvalue weighted by atomic mass is 9.99. The summed E-state index contributed by atoms with van der Waals surface area (Å²) in [6.45, 7) is 6.92. The molecule has 0 bridgehead atoms. The molecule has 0 saturated carbocycles. The second-order valence-corrected chi connectivity index (χ2v) is 22.4. The molecule has 0 unspecified atom stereocenters. The molecule has 0 fully saturated rings. The highest BCUT2D eigenvalue weighted by Gasteiger charge is 2.12. The van der Waals surface area contributed by atoms with Crippen LogP contribution in [0.3, 0.4) is 0 Å². The van der Waals surface area contributed by atoms with Crippen molar-refractivity contribution < 1.29 is 0 Å². The van der Waals surface area contributed by atoms with Crippen LogP contribution < -0.4 is 0 Å². The summed E-state index contributed by atoms with van der Waals surface area (Å²) >= 11 is 0. The summed E-state index contributed by atoms with van der Waals surface area (Å²) < 4.78 is 0. The third-order valence-electron chi connectivity index (χ3n) is 15.4.